The number of nitrogens with two attached hydrogens (primary N) is 2. The number of carbonyl (C=O) groups is 2. The summed E-state index contributed by atoms with van der Waals surface area (Å²) in [5, 5.41) is 17.8. The molecule has 0 aliphatic carbocycles. The van der Waals surface area contributed by atoms with Crippen LogP contribution in [0.25, 0.3) is 11.1 Å². The van der Waals surface area contributed by atoms with Crippen molar-refractivity contribution in [2.75, 3.05) is 11.5 Å². The molecule has 0 aliphatic rings. The van der Waals surface area contributed by atoms with Crippen molar-refractivity contribution in [1.29, 1.82) is 0 Å². The van der Waals surface area contributed by atoms with Crippen molar-refractivity contribution in [3.63, 3.8) is 0 Å². The van der Waals surface area contributed by atoms with Crippen LogP contribution in [-0.4, -0.2) is 22.2 Å². The van der Waals surface area contributed by atoms with Gasteiger partial charge in [0, 0.05) is 11.4 Å². The monoisotopic (exact) mass is 272 g/mol. The van der Waals surface area contributed by atoms with Crippen LogP contribution in [0.3, 0.4) is 0 Å². The Labute approximate surface area is 114 Å². The second-order valence-electron chi connectivity index (χ2n) is 4.21. The van der Waals surface area contributed by atoms with Crippen LogP contribution < -0.4 is 11.5 Å². The van der Waals surface area contributed by atoms with Crippen molar-refractivity contribution in [2.24, 2.45) is 0 Å². The summed E-state index contributed by atoms with van der Waals surface area (Å²) in [4.78, 5) is 21.8. The third kappa shape index (κ3) is 2.39. The van der Waals surface area contributed by atoms with Gasteiger partial charge in [-0.2, -0.15) is 0 Å². The van der Waals surface area contributed by atoms with Gasteiger partial charge in [-0.3, -0.25) is 0 Å². The summed E-state index contributed by atoms with van der Waals surface area (Å²) < 4.78 is 0. The molecule has 2 aromatic rings. The van der Waals surface area contributed by atoms with E-state index in [0.717, 1.165) is 0 Å². The van der Waals surface area contributed by atoms with E-state index >= 15 is 0 Å². The van der Waals surface area contributed by atoms with Gasteiger partial charge >= 0.3 is 11.9 Å². The van der Waals surface area contributed by atoms with Crippen LogP contribution in [-0.2, 0) is 0 Å². The van der Waals surface area contributed by atoms with Gasteiger partial charge in [-0.15, -0.1) is 0 Å². The van der Waals surface area contributed by atoms with E-state index in [1.165, 1.54) is 24.3 Å². The highest BCUT2D eigenvalue weighted by molar-refractivity contribution is 5.96. The fraction of sp³-hybridized carbons (Fsp3) is 0. The molecule has 0 aromatic heterocycles. The molecule has 0 bridgehead atoms. The van der Waals surface area contributed by atoms with E-state index in [4.69, 9.17) is 21.7 Å². The summed E-state index contributed by atoms with van der Waals surface area (Å²) in [5.74, 6) is -2.20. The fourth-order valence-electron chi connectivity index (χ4n) is 1.87. The highest BCUT2D eigenvalue weighted by Crippen LogP contribution is 2.27. The molecule has 20 heavy (non-hydrogen) atoms. The second-order valence-corrected chi connectivity index (χ2v) is 4.21. The summed E-state index contributed by atoms with van der Waals surface area (Å²) in [6.07, 6.45) is 0. The maximum absolute atomic E-state index is 10.9. The smallest absolute Gasteiger partial charge is 0.337 e. The Balaban J connectivity index is 2.47. The number of benzene rings is 2. The average Bonchev–Trinajstić information content (AvgIpc) is 2.37. The van der Waals surface area contributed by atoms with Crippen molar-refractivity contribution < 1.29 is 19.8 Å². The van der Waals surface area contributed by atoms with Gasteiger partial charge in [-0.1, -0.05) is 12.1 Å². The van der Waals surface area contributed by atoms with Crippen LogP contribution in [0, 0.1) is 0 Å². The largest absolute Gasteiger partial charge is 0.478 e. The minimum Gasteiger partial charge on any atom is -0.478 e. The Morgan fingerprint density at radius 1 is 0.750 bits per heavy atom. The lowest BCUT2D eigenvalue weighted by Gasteiger charge is -2.08. The zero-order chi connectivity index (χ0) is 14.9. The Morgan fingerprint density at radius 2 is 1.10 bits per heavy atom. The molecule has 102 valence electrons. The first-order valence-corrected chi connectivity index (χ1v) is 5.66. The van der Waals surface area contributed by atoms with E-state index in [-0.39, 0.29) is 22.5 Å². The minimum absolute atomic E-state index is 0.0175. The third-order valence-corrected chi connectivity index (χ3v) is 2.90. The number of aromatic carboxylic acids is 2. The molecular formula is C14H12N2O4. The normalized spacial score (nSPS) is 10.2. The first-order valence-electron chi connectivity index (χ1n) is 5.66. The SMILES string of the molecule is Nc1cc(-c2ccc(C(=O)O)c(N)c2)ccc1C(=O)O. The molecule has 0 heterocycles. The topological polar surface area (TPSA) is 127 Å². The summed E-state index contributed by atoms with van der Waals surface area (Å²) in [6, 6.07) is 9.00. The Hall–Kier alpha value is -3.02. The summed E-state index contributed by atoms with van der Waals surface area (Å²) >= 11 is 0. The van der Waals surface area contributed by atoms with Gasteiger partial charge in [0.25, 0.3) is 0 Å². The third-order valence-electron chi connectivity index (χ3n) is 2.90. The molecule has 2 aromatic carbocycles. The summed E-state index contributed by atoms with van der Waals surface area (Å²) in [5.41, 5.74) is 13.0. The van der Waals surface area contributed by atoms with E-state index < -0.39 is 11.9 Å². The van der Waals surface area contributed by atoms with Gasteiger partial charge in [0.1, 0.15) is 0 Å². The molecule has 2 rings (SSSR count). The van der Waals surface area contributed by atoms with Crippen LogP contribution in [0.1, 0.15) is 20.7 Å². The number of anilines is 2. The number of hydrogen-bond acceptors (Lipinski definition) is 4. The molecular weight excluding hydrogens is 260 g/mol. The van der Waals surface area contributed by atoms with Gasteiger partial charge in [0.15, 0.2) is 0 Å². The second kappa shape index (κ2) is 4.93. The number of rotatable bonds is 3. The highest BCUT2D eigenvalue weighted by atomic mass is 16.4. The van der Waals surface area contributed by atoms with E-state index in [1.54, 1.807) is 12.1 Å². The van der Waals surface area contributed by atoms with Crippen LogP contribution in [0.4, 0.5) is 11.4 Å². The molecule has 0 fully saturated rings. The van der Waals surface area contributed by atoms with Crippen LogP contribution >= 0.6 is 0 Å². The van der Waals surface area contributed by atoms with Crippen LogP contribution in [0.2, 0.25) is 0 Å². The molecule has 6 N–H and O–H groups in total. The summed E-state index contributed by atoms with van der Waals surface area (Å²) in [7, 11) is 0. The summed E-state index contributed by atoms with van der Waals surface area (Å²) in [6.45, 7) is 0. The van der Waals surface area contributed by atoms with Gasteiger partial charge in [-0.25, -0.2) is 9.59 Å². The first-order chi connectivity index (χ1) is 9.40. The van der Waals surface area contributed by atoms with E-state index in [0.29, 0.717) is 11.1 Å². The Morgan fingerprint density at radius 3 is 1.35 bits per heavy atom. The Kier molecular flexibility index (Phi) is 3.30. The van der Waals surface area contributed by atoms with Crippen LogP contribution in [0.15, 0.2) is 36.4 Å². The first kappa shape index (κ1) is 13.4. The van der Waals surface area contributed by atoms with Crippen molar-refractivity contribution >= 4 is 23.3 Å². The van der Waals surface area contributed by atoms with Crippen LogP contribution in [0.5, 0.6) is 0 Å². The lowest BCUT2D eigenvalue weighted by atomic mass is 10.00. The molecule has 0 amide bonds. The standard InChI is InChI=1S/C14H12N2O4/c15-11-5-7(1-3-9(11)13(17)18)8-2-4-10(14(19)20)12(16)6-8/h1-6H,15-16H2,(H,17,18)(H,19,20). The lowest BCUT2D eigenvalue weighted by Crippen LogP contribution is -2.03. The lowest BCUT2D eigenvalue weighted by molar-refractivity contribution is 0.0687. The maximum Gasteiger partial charge on any atom is 0.337 e. The van der Waals surface area contributed by atoms with Gasteiger partial charge < -0.3 is 21.7 Å². The molecule has 0 saturated carbocycles. The molecule has 6 heteroatoms. The molecule has 0 spiro atoms. The number of hydrogen-bond donors (Lipinski definition) is 4. The van der Waals surface area contributed by atoms with Gasteiger partial charge in [0.05, 0.1) is 11.1 Å². The average molecular weight is 272 g/mol. The molecule has 6 nitrogen and oxygen atoms in total. The minimum atomic E-state index is -1.10. The molecule has 0 aliphatic heterocycles. The van der Waals surface area contributed by atoms with E-state index in [2.05, 4.69) is 0 Å². The van der Waals surface area contributed by atoms with Gasteiger partial charge in [0.2, 0.25) is 0 Å². The van der Waals surface area contributed by atoms with E-state index in [1.807, 2.05) is 0 Å². The van der Waals surface area contributed by atoms with Crippen molar-refractivity contribution in [3.8, 4) is 11.1 Å². The zero-order valence-electron chi connectivity index (χ0n) is 10.3. The van der Waals surface area contributed by atoms with Crippen molar-refractivity contribution in [1.82, 2.24) is 0 Å². The van der Waals surface area contributed by atoms with Crippen molar-refractivity contribution in [3.05, 3.63) is 47.5 Å². The number of nitrogen functional groups attached to an aromatic ring is 2. The predicted octanol–water partition coefficient (Wildman–Crippen LogP) is 1.91. The number of carboxylic acids is 2. The molecule has 0 unspecified atom stereocenters. The van der Waals surface area contributed by atoms with E-state index in [9.17, 15) is 9.59 Å². The Bertz CT molecular complexity index is 649. The molecule has 0 radical (unpaired) electrons. The number of carboxylic acid groups (broad SMARTS) is 2. The maximum atomic E-state index is 10.9. The molecule has 0 saturated heterocycles. The fourth-order valence-corrected chi connectivity index (χ4v) is 1.87. The predicted molar refractivity (Wildman–Crippen MR) is 74.6 cm³/mol. The quantitative estimate of drug-likeness (QED) is 0.632. The molecule has 0 atom stereocenters. The van der Waals surface area contributed by atoms with Gasteiger partial charge in [-0.05, 0) is 35.4 Å². The van der Waals surface area contributed by atoms with Crippen molar-refractivity contribution in [2.45, 2.75) is 0 Å². The zero-order valence-corrected chi connectivity index (χ0v) is 10.3. The highest BCUT2D eigenvalue weighted by Gasteiger charge is 2.11.